The molecule has 2 heterocycles. The van der Waals surface area contributed by atoms with Gasteiger partial charge in [0.2, 0.25) is 5.91 Å². The fraction of sp³-hybridized carbons (Fsp3) is 0.176. The highest BCUT2D eigenvalue weighted by atomic mass is 35.5. The van der Waals surface area contributed by atoms with Gasteiger partial charge in [0.05, 0.1) is 5.56 Å². The maximum Gasteiger partial charge on any atom is 0.325 e. The first kappa shape index (κ1) is 17.9. The molecule has 1 aliphatic rings. The van der Waals surface area contributed by atoms with E-state index in [2.05, 4.69) is 10.6 Å². The van der Waals surface area contributed by atoms with E-state index < -0.39 is 29.9 Å². The summed E-state index contributed by atoms with van der Waals surface area (Å²) in [6, 6.07) is 9.41. The summed E-state index contributed by atoms with van der Waals surface area (Å²) in [5.74, 6) is -1.10. The molecule has 1 aliphatic heterocycles. The maximum absolute atomic E-state index is 12.8. The van der Waals surface area contributed by atoms with Gasteiger partial charge in [0, 0.05) is 5.02 Å². The molecule has 26 heavy (non-hydrogen) atoms. The number of amides is 4. The highest BCUT2D eigenvalue weighted by Gasteiger charge is 2.49. The number of urea groups is 1. The fourth-order valence-corrected chi connectivity index (χ4v) is 3.50. The Morgan fingerprint density at radius 2 is 2.04 bits per heavy atom. The van der Waals surface area contributed by atoms with Crippen LogP contribution >= 0.6 is 22.9 Å². The number of hydrogen-bond donors (Lipinski definition) is 2. The molecule has 4 amide bonds. The summed E-state index contributed by atoms with van der Waals surface area (Å²) in [6.45, 7) is 1.12. The molecule has 0 spiro atoms. The van der Waals surface area contributed by atoms with Crippen LogP contribution in [0, 0.1) is 11.3 Å². The molecule has 0 unspecified atom stereocenters. The van der Waals surface area contributed by atoms with Crippen molar-refractivity contribution < 1.29 is 14.4 Å². The first-order valence-electron chi connectivity index (χ1n) is 7.53. The van der Waals surface area contributed by atoms with Crippen LogP contribution in [0.4, 0.5) is 9.80 Å². The molecule has 2 N–H and O–H groups in total. The van der Waals surface area contributed by atoms with Crippen LogP contribution in [0.5, 0.6) is 0 Å². The zero-order valence-corrected chi connectivity index (χ0v) is 15.1. The number of thiophene rings is 1. The molecule has 0 aliphatic carbocycles. The molecule has 0 saturated carbocycles. The Kier molecular flexibility index (Phi) is 4.68. The summed E-state index contributed by atoms with van der Waals surface area (Å²) in [7, 11) is 0. The summed E-state index contributed by atoms with van der Waals surface area (Å²) in [4.78, 5) is 38.1. The standard InChI is InChI=1S/C17H13ClN4O3S/c1-17(11-2-4-12(18)5-3-11)15(24)22(16(25)21-17)9-13(23)20-14-10(8-19)6-7-26-14/h2-7H,9H2,1H3,(H,20,23)(H,21,25)/t17-/m1/s1. The van der Waals surface area contributed by atoms with E-state index in [0.717, 1.165) is 4.90 Å². The van der Waals surface area contributed by atoms with Crippen LogP contribution in [0.1, 0.15) is 18.1 Å². The van der Waals surface area contributed by atoms with Gasteiger partial charge in [-0.25, -0.2) is 4.79 Å². The summed E-state index contributed by atoms with van der Waals surface area (Å²) >= 11 is 7.05. The maximum atomic E-state index is 12.8. The molecule has 1 aromatic carbocycles. The molecule has 1 aromatic heterocycles. The number of nitriles is 1. The minimum Gasteiger partial charge on any atom is -0.319 e. The molecule has 1 saturated heterocycles. The molecule has 1 fully saturated rings. The molecule has 7 nitrogen and oxygen atoms in total. The van der Waals surface area contributed by atoms with Crippen LogP contribution in [0.25, 0.3) is 0 Å². The van der Waals surface area contributed by atoms with Crippen molar-refractivity contribution in [2.45, 2.75) is 12.5 Å². The minimum absolute atomic E-state index is 0.326. The molecule has 0 radical (unpaired) electrons. The number of benzene rings is 1. The number of carbonyl (C=O) groups is 3. The van der Waals surface area contributed by atoms with Gasteiger partial charge in [0.15, 0.2) is 0 Å². The topological polar surface area (TPSA) is 102 Å². The van der Waals surface area contributed by atoms with Crippen molar-refractivity contribution in [3.8, 4) is 6.07 Å². The molecule has 1 atom stereocenters. The second-order valence-corrected chi connectivity index (χ2v) is 7.13. The summed E-state index contributed by atoms with van der Waals surface area (Å²) in [6.07, 6.45) is 0. The zero-order chi connectivity index (χ0) is 18.9. The van der Waals surface area contributed by atoms with E-state index >= 15 is 0 Å². The molecule has 3 rings (SSSR count). The SMILES string of the molecule is C[C@]1(c2ccc(Cl)cc2)NC(=O)N(CC(=O)Nc2sccc2C#N)C1=O. The highest BCUT2D eigenvalue weighted by molar-refractivity contribution is 7.14. The Labute approximate surface area is 158 Å². The van der Waals surface area contributed by atoms with Crippen LogP contribution in [-0.4, -0.2) is 29.3 Å². The number of halogens is 1. The molecule has 132 valence electrons. The van der Waals surface area contributed by atoms with Crippen LogP contribution < -0.4 is 10.6 Å². The zero-order valence-electron chi connectivity index (χ0n) is 13.6. The van der Waals surface area contributed by atoms with E-state index in [4.69, 9.17) is 16.9 Å². The Bertz CT molecular complexity index is 934. The molecule has 9 heteroatoms. The van der Waals surface area contributed by atoms with Gasteiger partial charge in [-0.15, -0.1) is 11.3 Å². The van der Waals surface area contributed by atoms with E-state index in [1.54, 1.807) is 42.6 Å². The second-order valence-electron chi connectivity index (χ2n) is 5.78. The first-order chi connectivity index (χ1) is 12.3. The van der Waals surface area contributed by atoms with Crippen molar-refractivity contribution >= 4 is 45.8 Å². The van der Waals surface area contributed by atoms with Crippen LogP contribution in [0.3, 0.4) is 0 Å². The lowest BCUT2D eigenvalue weighted by Crippen LogP contribution is -2.42. The van der Waals surface area contributed by atoms with Crippen molar-refractivity contribution in [2.75, 3.05) is 11.9 Å². The average molecular weight is 389 g/mol. The van der Waals surface area contributed by atoms with E-state index in [1.165, 1.54) is 11.3 Å². The van der Waals surface area contributed by atoms with E-state index in [-0.39, 0.29) is 0 Å². The number of hydrogen-bond acceptors (Lipinski definition) is 5. The van der Waals surface area contributed by atoms with Crippen LogP contribution in [-0.2, 0) is 15.1 Å². The molecular weight excluding hydrogens is 376 g/mol. The predicted molar refractivity (Wildman–Crippen MR) is 96.7 cm³/mol. The van der Waals surface area contributed by atoms with Crippen LogP contribution in [0.2, 0.25) is 5.02 Å². The summed E-state index contributed by atoms with van der Waals surface area (Å²) in [5.41, 5.74) is -0.386. The average Bonchev–Trinajstić information content (AvgIpc) is 3.13. The number of rotatable bonds is 4. The Hall–Kier alpha value is -2.89. The van der Waals surface area contributed by atoms with Gasteiger partial charge in [0.1, 0.15) is 23.2 Å². The second kappa shape index (κ2) is 6.78. The monoisotopic (exact) mass is 388 g/mol. The van der Waals surface area contributed by atoms with Gasteiger partial charge in [-0.3, -0.25) is 14.5 Å². The Balaban J connectivity index is 1.76. The van der Waals surface area contributed by atoms with Gasteiger partial charge >= 0.3 is 6.03 Å². The van der Waals surface area contributed by atoms with Gasteiger partial charge in [-0.05, 0) is 36.1 Å². The number of imide groups is 1. The number of nitrogens with one attached hydrogen (secondary N) is 2. The summed E-state index contributed by atoms with van der Waals surface area (Å²) in [5, 5.41) is 16.7. The number of anilines is 1. The summed E-state index contributed by atoms with van der Waals surface area (Å²) < 4.78 is 0. The lowest BCUT2D eigenvalue weighted by atomic mass is 9.92. The van der Waals surface area contributed by atoms with Crippen molar-refractivity contribution in [3.63, 3.8) is 0 Å². The Morgan fingerprint density at radius 1 is 1.35 bits per heavy atom. The Morgan fingerprint density at radius 3 is 2.69 bits per heavy atom. The van der Waals surface area contributed by atoms with Crippen molar-refractivity contribution in [2.24, 2.45) is 0 Å². The quantitative estimate of drug-likeness (QED) is 0.786. The third-order valence-corrected chi connectivity index (χ3v) is 5.12. The third kappa shape index (κ3) is 3.14. The van der Waals surface area contributed by atoms with Crippen molar-refractivity contribution in [1.29, 1.82) is 5.26 Å². The molecule has 2 aromatic rings. The lowest BCUT2D eigenvalue weighted by molar-refractivity contribution is -0.133. The third-order valence-electron chi connectivity index (χ3n) is 4.04. The normalized spacial score (nSPS) is 19.2. The molecular formula is C17H13ClN4O3S. The van der Waals surface area contributed by atoms with E-state index in [9.17, 15) is 14.4 Å². The molecule has 0 bridgehead atoms. The van der Waals surface area contributed by atoms with Crippen LogP contribution in [0.15, 0.2) is 35.7 Å². The van der Waals surface area contributed by atoms with Gasteiger partial charge in [-0.1, -0.05) is 23.7 Å². The van der Waals surface area contributed by atoms with Gasteiger partial charge in [-0.2, -0.15) is 5.26 Å². The van der Waals surface area contributed by atoms with E-state index in [1.807, 2.05) is 6.07 Å². The van der Waals surface area contributed by atoms with E-state index in [0.29, 0.717) is 21.2 Å². The largest absolute Gasteiger partial charge is 0.325 e. The highest BCUT2D eigenvalue weighted by Crippen LogP contribution is 2.30. The minimum atomic E-state index is -1.28. The smallest absolute Gasteiger partial charge is 0.319 e. The fourth-order valence-electron chi connectivity index (χ4n) is 2.62. The number of carbonyl (C=O) groups excluding carboxylic acids is 3. The van der Waals surface area contributed by atoms with Crippen molar-refractivity contribution in [3.05, 3.63) is 51.9 Å². The van der Waals surface area contributed by atoms with Crippen molar-refractivity contribution in [1.82, 2.24) is 10.2 Å². The lowest BCUT2D eigenvalue weighted by Gasteiger charge is -2.22. The van der Waals surface area contributed by atoms with Gasteiger partial charge < -0.3 is 10.6 Å². The number of nitrogens with zero attached hydrogens (tertiary/aromatic N) is 2. The first-order valence-corrected chi connectivity index (χ1v) is 8.78. The predicted octanol–water partition coefficient (Wildman–Crippen LogP) is 2.68. The van der Waals surface area contributed by atoms with Gasteiger partial charge in [0.25, 0.3) is 5.91 Å².